The van der Waals surface area contributed by atoms with Crippen molar-refractivity contribution >= 4 is 5.97 Å². The number of carboxylic acid groups (broad SMARTS) is 1. The first-order valence-corrected chi connectivity index (χ1v) is 4.68. The number of halogens is 13. The maximum Gasteiger partial charge on any atom is 1.00 e. The number of alkyl halides is 13. The Hall–Kier alpha value is 0.116. The number of aliphatic carboxylic acids is 1. The van der Waals surface area contributed by atoms with E-state index >= 15 is 0 Å². The quantitative estimate of drug-likeness (QED) is 0.412. The van der Waals surface area contributed by atoms with Gasteiger partial charge in [-0.15, -0.1) is 13.2 Å². The first-order valence-electron chi connectivity index (χ1n) is 4.68. The summed E-state index contributed by atoms with van der Waals surface area (Å²) in [6.07, 6.45) is -28.5. The normalized spacial score (nSPS) is 16.8. The van der Waals surface area contributed by atoms with E-state index in [1.54, 1.807) is 4.74 Å². The molecule has 0 aromatic rings. The van der Waals surface area contributed by atoms with Crippen LogP contribution in [-0.2, 0) is 14.3 Å². The molecule has 0 amide bonds. The van der Waals surface area contributed by atoms with Gasteiger partial charge in [-0.1, -0.05) is 0 Å². The summed E-state index contributed by atoms with van der Waals surface area (Å²) in [4.78, 5) is 9.84. The fraction of sp³-hybridized carbons (Fsp3) is 0.857. The van der Waals surface area contributed by atoms with Gasteiger partial charge in [-0.05, 0) is 0 Å². The average Bonchev–Trinajstić information content (AvgIpc) is 2.22. The molecule has 0 aliphatic rings. The van der Waals surface area contributed by atoms with Gasteiger partial charge in [0.25, 0.3) is 0 Å². The molecule has 1 unspecified atom stereocenters. The molecule has 0 aliphatic heterocycles. The summed E-state index contributed by atoms with van der Waals surface area (Å²) in [6.45, 7) is 0. The maximum absolute atomic E-state index is 12.8. The minimum Gasteiger partial charge on any atom is -0.544 e. The second-order valence-corrected chi connectivity index (χ2v) is 3.64. The van der Waals surface area contributed by atoms with Gasteiger partial charge in [0, 0.05) is 0 Å². The summed E-state index contributed by atoms with van der Waals surface area (Å²) in [5.74, 6) is -18.6. The Morgan fingerprint density at radius 2 is 1.00 bits per heavy atom. The Kier molecular flexibility index (Phi) is 8.34. The average molecular weight is 434 g/mol. The van der Waals surface area contributed by atoms with E-state index in [0.717, 1.165) is 0 Å². The predicted molar refractivity (Wildman–Crippen MR) is 38.0 cm³/mol. The molecular weight excluding hydrogens is 434 g/mol. The van der Waals surface area contributed by atoms with Gasteiger partial charge in [-0.25, -0.2) is 4.74 Å². The number of carbonyl (C=O) groups is 1. The Morgan fingerprint density at radius 3 is 1.24 bits per heavy atom. The standard InChI is InChI=1S/C7HF13O4.K/c8-2(1(21)22,4(11,12)13)23-5(14,15)3(9,10)6(16,17)24-7(18,19)20;/h(H,21,22);/q;+1/p-1. The molecule has 0 aromatic heterocycles. The molecule has 25 heavy (non-hydrogen) atoms. The van der Waals surface area contributed by atoms with Crippen molar-refractivity contribution in [2.75, 3.05) is 0 Å². The second-order valence-electron chi connectivity index (χ2n) is 3.64. The van der Waals surface area contributed by atoms with Crippen molar-refractivity contribution in [1.82, 2.24) is 0 Å². The van der Waals surface area contributed by atoms with Gasteiger partial charge in [-0.3, -0.25) is 4.74 Å². The van der Waals surface area contributed by atoms with E-state index in [9.17, 15) is 67.0 Å². The third-order valence-corrected chi connectivity index (χ3v) is 1.87. The van der Waals surface area contributed by atoms with Gasteiger partial charge < -0.3 is 9.90 Å². The number of hydrogen-bond donors (Lipinski definition) is 0. The first-order chi connectivity index (χ1) is 10.1. The van der Waals surface area contributed by atoms with Crippen LogP contribution in [0.15, 0.2) is 0 Å². The summed E-state index contributed by atoms with van der Waals surface area (Å²) in [5, 5.41) is 9.84. The van der Waals surface area contributed by atoms with Crippen LogP contribution in [0.3, 0.4) is 0 Å². The van der Waals surface area contributed by atoms with Crippen LogP contribution in [0.25, 0.3) is 0 Å². The molecular formula is C7F13KO4. The third-order valence-electron chi connectivity index (χ3n) is 1.87. The van der Waals surface area contributed by atoms with Crippen LogP contribution in [-0.4, -0.2) is 42.5 Å². The van der Waals surface area contributed by atoms with Crippen LogP contribution < -0.4 is 56.5 Å². The molecule has 144 valence electrons. The number of rotatable bonds is 6. The van der Waals surface area contributed by atoms with E-state index in [1.165, 1.54) is 4.74 Å². The Bertz CT molecular complexity index is 486. The van der Waals surface area contributed by atoms with Crippen molar-refractivity contribution < 1.29 is 128 Å². The monoisotopic (exact) mass is 434 g/mol. The molecule has 0 saturated carbocycles. The van der Waals surface area contributed by atoms with E-state index in [4.69, 9.17) is 0 Å². The fourth-order valence-electron chi connectivity index (χ4n) is 0.835. The van der Waals surface area contributed by atoms with Crippen molar-refractivity contribution in [3.05, 3.63) is 0 Å². The summed E-state index contributed by atoms with van der Waals surface area (Å²) in [6, 6.07) is 0. The van der Waals surface area contributed by atoms with Gasteiger partial charge in [0.1, 0.15) is 5.97 Å². The number of ether oxygens (including phenoxy) is 2. The van der Waals surface area contributed by atoms with Gasteiger partial charge in [0.2, 0.25) is 0 Å². The van der Waals surface area contributed by atoms with E-state index in [2.05, 4.69) is 0 Å². The molecule has 0 aromatic carbocycles. The molecule has 0 fully saturated rings. The maximum atomic E-state index is 12.8. The van der Waals surface area contributed by atoms with E-state index in [0.29, 0.717) is 0 Å². The third kappa shape index (κ3) is 5.80. The SMILES string of the molecule is O=C([O-])C(F)(OC(F)(F)C(F)(F)C(F)(F)OC(F)(F)F)C(F)(F)F.[K+]. The van der Waals surface area contributed by atoms with Crippen LogP contribution in [0.2, 0.25) is 0 Å². The van der Waals surface area contributed by atoms with Crippen LogP contribution in [0, 0.1) is 0 Å². The number of hydrogen-bond acceptors (Lipinski definition) is 4. The van der Waals surface area contributed by atoms with E-state index < -0.39 is 42.5 Å². The zero-order chi connectivity index (χ0) is 20.0. The van der Waals surface area contributed by atoms with Crippen LogP contribution >= 0.6 is 0 Å². The van der Waals surface area contributed by atoms with Gasteiger partial charge in [0.15, 0.2) is 0 Å². The summed E-state index contributed by atoms with van der Waals surface area (Å²) >= 11 is 0. The molecule has 0 aliphatic carbocycles. The number of carboxylic acids is 1. The summed E-state index contributed by atoms with van der Waals surface area (Å²) < 4.78 is 162. The first kappa shape index (κ1) is 27.3. The topological polar surface area (TPSA) is 58.6 Å². The summed E-state index contributed by atoms with van der Waals surface area (Å²) in [5.41, 5.74) is 0. The van der Waals surface area contributed by atoms with Crippen LogP contribution in [0.4, 0.5) is 57.1 Å². The minimum absolute atomic E-state index is 0. The van der Waals surface area contributed by atoms with Gasteiger partial charge in [0.05, 0.1) is 0 Å². The molecule has 0 spiro atoms. The zero-order valence-corrected chi connectivity index (χ0v) is 14.2. The molecule has 4 nitrogen and oxygen atoms in total. The Labute approximate surface area is 169 Å². The molecule has 0 heterocycles. The van der Waals surface area contributed by atoms with Crippen LogP contribution in [0.5, 0.6) is 0 Å². The van der Waals surface area contributed by atoms with Crippen LogP contribution in [0.1, 0.15) is 0 Å². The fourth-order valence-corrected chi connectivity index (χ4v) is 0.835. The molecule has 18 heteroatoms. The second kappa shape index (κ2) is 7.62. The van der Waals surface area contributed by atoms with Crippen molar-refractivity contribution in [2.45, 2.75) is 36.5 Å². The molecule has 0 radical (unpaired) electrons. The molecule has 0 rings (SSSR count). The van der Waals surface area contributed by atoms with Crippen molar-refractivity contribution in [2.24, 2.45) is 0 Å². The van der Waals surface area contributed by atoms with Crippen molar-refractivity contribution in [3.8, 4) is 0 Å². The zero-order valence-electron chi connectivity index (χ0n) is 11.0. The van der Waals surface area contributed by atoms with Crippen molar-refractivity contribution in [1.29, 1.82) is 0 Å². The Morgan fingerprint density at radius 1 is 0.680 bits per heavy atom. The predicted octanol–water partition coefficient (Wildman–Crippen LogP) is -0.658. The number of carbonyl (C=O) groups excluding carboxylic acids is 1. The molecule has 1 atom stereocenters. The minimum atomic E-state index is -7.60. The Balaban J connectivity index is 0. The van der Waals surface area contributed by atoms with E-state index in [1.807, 2.05) is 0 Å². The smallest absolute Gasteiger partial charge is 0.544 e. The molecule has 0 N–H and O–H groups in total. The molecule has 0 bridgehead atoms. The van der Waals surface area contributed by atoms with Gasteiger partial charge >= 0.3 is 87.9 Å². The van der Waals surface area contributed by atoms with Gasteiger partial charge in [-0.2, -0.15) is 43.9 Å². The summed E-state index contributed by atoms with van der Waals surface area (Å²) in [7, 11) is 0. The largest absolute Gasteiger partial charge is 1.00 e. The molecule has 0 saturated heterocycles. The van der Waals surface area contributed by atoms with Crippen molar-refractivity contribution in [3.63, 3.8) is 0 Å². The van der Waals surface area contributed by atoms with E-state index in [-0.39, 0.29) is 51.4 Å².